The molecule has 4 heteroatoms. The number of rotatable bonds is 2. The Morgan fingerprint density at radius 3 is 2.38 bits per heavy atom. The second-order valence-corrected chi connectivity index (χ2v) is 4.44. The highest BCUT2D eigenvalue weighted by molar-refractivity contribution is 7.80. The van der Waals surface area contributed by atoms with E-state index in [9.17, 15) is 4.79 Å². The van der Waals surface area contributed by atoms with Crippen molar-refractivity contribution in [1.29, 1.82) is 0 Å². The fourth-order valence-corrected chi connectivity index (χ4v) is 2.25. The van der Waals surface area contributed by atoms with Gasteiger partial charge in [-0.15, -0.1) is 0 Å². The quantitative estimate of drug-likeness (QED) is 0.764. The summed E-state index contributed by atoms with van der Waals surface area (Å²) in [6.07, 6.45) is 0.669. The van der Waals surface area contributed by atoms with Gasteiger partial charge in [0.2, 0.25) is 0 Å². The first-order chi connectivity index (χ1) is 7.58. The predicted molar refractivity (Wildman–Crippen MR) is 67.0 cm³/mol. The van der Waals surface area contributed by atoms with Crippen LogP contribution in [0.15, 0.2) is 24.3 Å². The second kappa shape index (κ2) is 3.87. The first-order valence-corrected chi connectivity index (χ1v) is 5.70. The maximum Gasteiger partial charge on any atom is 0.256 e. The van der Waals surface area contributed by atoms with Gasteiger partial charge in [0.15, 0.2) is 5.11 Å². The summed E-state index contributed by atoms with van der Waals surface area (Å²) in [5.74, 6) is -0.0659. The molecule has 1 unspecified atom stereocenters. The SMILES string of the molecule is CCC1(c2ccc(C)cc2)NC(=S)NC1=O. The Balaban J connectivity index is 2.46. The average molecular weight is 234 g/mol. The minimum Gasteiger partial charge on any atom is -0.344 e. The number of hydrogen-bond acceptors (Lipinski definition) is 2. The lowest BCUT2D eigenvalue weighted by atomic mass is 9.87. The van der Waals surface area contributed by atoms with Crippen molar-refractivity contribution in [2.24, 2.45) is 0 Å². The van der Waals surface area contributed by atoms with Gasteiger partial charge in [0.05, 0.1) is 0 Å². The van der Waals surface area contributed by atoms with Crippen molar-refractivity contribution in [3.8, 4) is 0 Å². The number of amides is 1. The van der Waals surface area contributed by atoms with Crippen LogP contribution < -0.4 is 10.6 Å². The van der Waals surface area contributed by atoms with E-state index < -0.39 is 5.54 Å². The van der Waals surface area contributed by atoms with Crippen molar-refractivity contribution in [1.82, 2.24) is 10.6 Å². The van der Waals surface area contributed by atoms with E-state index in [0.29, 0.717) is 11.5 Å². The monoisotopic (exact) mass is 234 g/mol. The van der Waals surface area contributed by atoms with Crippen LogP contribution in [0.1, 0.15) is 24.5 Å². The van der Waals surface area contributed by atoms with E-state index in [2.05, 4.69) is 10.6 Å². The molecule has 2 N–H and O–H groups in total. The molecule has 1 aromatic rings. The van der Waals surface area contributed by atoms with E-state index in [4.69, 9.17) is 12.2 Å². The van der Waals surface area contributed by atoms with Crippen LogP contribution in [0.4, 0.5) is 0 Å². The Hall–Kier alpha value is -1.42. The Kier molecular flexibility index (Phi) is 2.68. The highest BCUT2D eigenvalue weighted by Crippen LogP contribution is 2.28. The maximum atomic E-state index is 12.0. The molecule has 0 radical (unpaired) electrons. The summed E-state index contributed by atoms with van der Waals surface area (Å²) in [6, 6.07) is 7.95. The van der Waals surface area contributed by atoms with E-state index in [1.807, 2.05) is 38.1 Å². The van der Waals surface area contributed by atoms with E-state index in [1.165, 1.54) is 5.56 Å². The van der Waals surface area contributed by atoms with Crippen LogP contribution in [0.5, 0.6) is 0 Å². The van der Waals surface area contributed by atoms with Crippen molar-refractivity contribution in [2.45, 2.75) is 25.8 Å². The van der Waals surface area contributed by atoms with Crippen molar-refractivity contribution in [3.63, 3.8) is 0 Å². The van der Waals surface area contributed by atoms with Crippen molar-refractivity contribution in [3.05, 3.63) is 35.4 Å². The molecule has 0 bridgehead atoms. The third-order valence-corrected chi connectivity index (χ3v) is 3.22. The Morgan fingerprint density at radius 2 is 1.94 bits per heavy atom. The molecule has 16 heavy (non-hydrogen) atoms. The highest BCUT2D eigenvalue weighted by atomic mass is 32.1. The average Bonchev–Trinajstić information content (AvgIpc) is 2.55. The lowest BCUT2D eigenvalue weighted by Crippen LogP contribution is -2.43. The Labute approximate surface area is 100 Å². The molecule has 0 aliphatic carbocycles. The summed E-state index contributed by atoms with van der Waals surface area (Å²) in [4.78, 5) is 12.0. The van der Waals surface area contributed by atoms with Crippen LogP contribution in [-0.2, 0) is 10.3 Å². The topological polar surface area (TPSA) is 41.1 Å². The molecule has 1 amide bonds. The van der Waals surface area contributed by atoms with Gasteiger partial charge in [0, 0.05) is 0 Å². The minimum atomic E-state index is -0.690. The number of hydrogen-bond donors (Lipinski definition) is 2. The van der Waals surface area contributed by atoms with Gasteiger partial charge in [-0.2, -0.15) is 0 Å². The molecule has 1 aliphatic heterocycles. The third kappa shape index (κ3) is 1.59. The number of benzene rings is 1. The van der Waals surface area contributed by atoms with Crippen LogP contribution >= 0.6 is 12.2 Å². The fraction of sp³-hybridized carbons (Fsp3) is 0.333. The number of carbonyl (C=O) groups is 1. The zero-order valence-corrected chi connectivity index (χ0v) is 10.1. The molecular weight excluding hydrogens is 220 g/mol. The molecular formula is C12H14N2OS. The smallest absolute Gasteiger partial charge is 0.256 e. The van der Waals surface area contributed by atoms with Crippen molar-refractivity contribution < 1.29 is 4.79 Å². The summed E-state index contributed by atoms with van der Waals surface area (Å²) < 4.78 is 0. The Bertz CT molecular complexity index is 441. The van der Waals surface area contributed by atoms with E-state index >= 15 is 0 Å². The molecule has 0 saturated carbocycles. The highest BCUT2D eigenvalue weighted by Gasteiger charge is 2.44. The van der Waals surface area contributed by atoms with Crippen molar-refractivity contribution >= 4 is 23.2 Å². The normalized spacial score (nSPS) is 24.1. The standard InChI is InChI=1S/C12H14N2OS/c1-3-12(10(15)13-11(16)14-12)9-6-4-8(2)5-7-9/h4-7H,3H2,1-2H3,(H2,13,14,15,16). The summed E-state index contributed by atoms with van der Waals surface area (Å²) in [5, 5.41) is 6.14. The summed E-state index contributed by atoms with van der Waals surface area (Å²) in [7, 11) is 0. The molecule has 0 aromatic heterocycles. The van der Waals surface area contributed by atoms with Crippen LogP contribution in [-0.4, -0.2) is 11.0 Å². The molecule has 1 heterocycles. The van der Waals surface area contributed by atoms with Gasteiger partial charge < -0.3 is 10.6 Å². The van der Waals surface area contributed by atoms with Gasteiger partial charge in [-0.3, -0.25) is 4.79 Å². The molecule has 3 nitrogen and oxygen atoms in total. The predicted octanol–water partition coefficient (Wildman–Crippen LogP) is 1.60. The number of thiocarbonyl (C=S) groups is 1. The molecule has 1 aromatic carbocycles. The first kappa shape index (κ1) is 11.1. The van der Waals surface area contributed by atoms with Gasteiger partial charge >= 0.3 is 0 Å². The number of carbonyl (C=O) groups excluding carboxylic acids is 1. The number of aryl methyl sites for hydroxylation is 1. The van der Waals surface area contributed by atoms with Gasteiger partial charge in [-0.05, 0) is 31.1 Å². The second-order valence-electron chi connectivity index (χ2n) is 4.03. The zero-order valence-electron chi connectivity index (χ0n) is 9.33. The molecule has 1 fully saturated rings. The van der Waals surface area contributed by atoms with Crippen LogP contribution in [0.3, 0.4) is 0 Å². The maximum absolute atomic E-state index is 12.0. The largest absolute Gasteiger partial charge is 0.344 e. The molecule has 1 saturated heterocycles. The van der Waals surface area contributed by atoms with E-state index in [-0.39, 0.29) is 5.91 Å². The van der Waals surface area contributed by atoms with E-state index in [0.717, 1.165) is 5.56 Å². The lowest BCUT2D eigenvalue weighted by Gasteiger charge is -2.25. The third-order valence-electron chi connectivity index (χ3n) is 3.02. The molecule has 1 atom stereocenters. The van der Waals surface area contributed by atoms with Gasteiger partial charge in [-0.25, -0.2) is 0 Å². The van der Waals surface area contributed by atoms with Gasteiger partial charge in [0.25, 0.3) is 5.91 Å². The summed E-state index contributed by atoms with van der Waals surface area (Å²) in [6.45, 7) is 4.00. The molecule has 84 valence electrons. The molecule has 0 spiro atoms. The fourth-order valence-electron chi connectivity index (χ4n) is 1.99. The molecule has 1 aliphatic rings. The minimum absolute atomic E-state index is 0.0659. The molecule has 2 rings (SSSR count). The lowest BCUT2D eigenvalue weighted by molar-refractivity contribution is -0.124. The van der Waals surface area contributed by atoms with Gasteiger partial charge in [-0.1, -0.05) is 36.8 Å². The van der Waals surface area contributed by atoms with Gasteiger partial charge in [0.1, 0.15) is 5.54 Å². The zero-order chi connectivity index (χ0) is 11.8. The number of nitrogens with one attached hydrogen (secondary N) is 2. The first-order valence-electron chi connectivity index (χ1n) is 5.29. The van der Waals surface area contributed by atoms with E-state index in [1.54, 1.807) is 0 Å². The van der Waals surface area contributed by atoms with Crippen LogP contribution in [0.2, 0.25) is 0 Å². The summed E-state index contributed by atoms with van der Waals surface area (Å²) in [5.41, 5.74) is 1.44. The Morgan fingerprint density at radius 1 is 1.31 bits per heavy atom. The summed E-state index contributed by atoms with van der Waals surface area (Å²) >= 11 is 4.99. The van der Waals surface area contributed by atoms with Crippen molar-refractivity contribution in [2.75, 3.05) is 0 Å². The van der Waals surface area contributed by atoms with Crippen LogP contribution in [0, 0.1) is 6.92 Å². The van der Waals surface area contributed by atoms with Crippen LogP contribution in [0.25, 0.3) is 0 Å².